The zero-order chi connectivity index (χ0) is 16.8. The highest BCUT2D eigenvalue weighted by Crippen LogP contribution is 2.22. The summed E-state index contributed by atoms with van der Waals surface area (Å²) in [5.41, 5.74) is 0. The standard InChI is InChI=1S/C17H27N5O2/c1-2-24-17(23)22-9-7-14(8-10-22)21-16-11-15(18-12-19-16)20-13-5-3-4-6-13/h11-14H,2-10H2,1H3,(H2,18,19,20,21). The first-order valence-electron chi connectivity index (χ1n) is 9.01. The Labute approximate surface area is 143 Å². The molecule has 0 atom stereocenters. The van der Waals surface area contributed by atoms with Crippen LogP contribution >= 0.6 is 0 Å². The van der Waals surface area contributed by atoms with Crippen LogP contribution in [0.15, 0.2) is 12.4 Å². The van der Waals surface area contributed by atoms with E-state index >= 15 is 0 Å². The van der Waals surface area contributed by atoms with Crippen LogP contribution in [0.3, 0.4) is 0 Å². The van der Waals surface area contributed by atoms with Gasteiger partial charge in [0.2, 0.25) is 0 Å². The molecule has 1 amide bonds. The number of ether oxygens (including phenoxy) is 1. The quantitative estimate of drug-likeness (QED) is 0.862. The van der Waals surface area contributed by atoms with Gasteiger partial charge in [0.05, 0.1) is 6.61 Å². The van der Waals surface area contributed by atoms with Crippen LogP contribution in [0.1, 0.15) is 45.4 Å². The zero-order valence-electron chi connectivity index (χ0n) is 14.3. The van der Waals surface area contributed by atoms with Gasteiger partial charge >= 0.3 is 6.09 Å². The van der Waals surface area contributed by atoms with E-state index in [0.29, 0.717) is 18.7 Å². The molecule has 1 saturated heterocycles. The SMILES string of the molecule is CCOC(=O)N1CCC(Nc2cc(NC3CCCC3)ncn2)CC1. The topological polar surface area (TPSA) is 79.4 Å². The minimum atomic E-state index is -0.207. The van der Waals surface area contributed by atoms with Crippen molar-refractivity contribution in [2.45, 2.75) is 57.5 Å². The average Bonchev–Trinajstić information content (AvgIpc) is 3.09. The molecule has 3 rings (SSSR count). The number of aromatic nitrogens is 2. The van der Waals surface area contributed by atoms with Gasteiger partial charge in [-0.3, -0.25) is 0 Å². The summed E-state index contributed by atoms with van der Waals surface area (Å²) in [4.78, 5) is 22.1. The van der Waals surface area contributed by atoms with Gasteiger partial charge in [0, 0.05) is 31.2 Å². The van der Waals surface area contributed by atoms with Crippen LogP contribution in [0.2, 0.25) is 0 Å². The fourth-order valence-electron chi connectivity index (χ4n) is 3.42. The zero-order valence-corrected chi connectivity index (χ0v) is 14.3. The molecule has 0 aromatic carbocycles. The maximum Gasteiger partial charge on any atom is 0.409 e. The van der Waals surface area contributed by atoms with Crippen molar-refractivity contribution in [3.63, 3.8) is 0 Å². The molecule has 1 aromatic heterocycles. The summed E-state index contributed by atoms with van der Waals surface area (Å²) in [6, 6.07) is 2.85. The molecule has 1 aliphatic heterocycles. The number of amides is 1. The van der Waals surface area contributed by atoms with Gasteiger partial charge in [0.1, 0.15) is 18.0 Å². The summed E-state index contributed by atoms with van der Waals surface area (Å²) in [6.07, 6.45) is 8.23. The number of hydrogen-bond acceptors (Lipinski definition) is 6. The van der Waals surface area contributed by atoms with Crippen molar-refractivity contribution in [1.82, 2.24) is 14.9 Å². The van der Waals surface area contributed by atoms with Gasteiger partial charge in [-0.25, -0.2) is 14.8 Å². The molecular formula is C17H27N5O2. The van der Waals surface area contributed by atoms with Gasteiger partial charge in [0.25, 0.3) is 0 Å². The molecule has 1 aromatic rings. The number of likely N-dealkylation sites (tertiary alicyclic amines) is 1. The van der Waals surface area contributed by atoms with Gasteiger partial charge in [-0.1, -0.05) is 12.8 Å². The second kappa shape index (κ2) is 8.17. The van der Waals surface area contributed by atoms with Crippen molar-refractivity contribution < 1.29 is 9.53 Å². The first-order valence-corrected chi connectivity index (χ1v) is 9.01. The average molecular weight is 333 g/mol. The Balaban J connectivity index is 1.49. The lowest BCUT2D eigenvalue weighted by Gasteiger charge is -2.31. The van der Waals surface area contributed by atoms with Crippen LogP contribution in [0.4, 0.5) is 16.4 Å². The van der Waals surface area contributed by atoms with Gasteiger partial charge in [0.15, 0.2) is 0 Å². The third-order valence-corrected chi connectivity index (χ3v) is 4.75. The molecule has 2 fully saturated rings. The van der Waals surface area contributed by atoms with Crippen LogP contribution in [0, 0.1) is 0 Å². The van der Waals surface area contributed by atoms with Gasteiger partial charge in [-0.05, 0) is 32.6 Å². The van der Waals surface area contributed by atoms with E-state index < -0.39 is 0 Å². The lowest BCUT2D eigenvalue weighted by Crippen LogP contribution is -2.42. The number of rotatable bonds is 5. The van der Waals surface area contributed by atoms with Crippen molar-refractivity contribution in [2.24, 2.45) is 0 Å². The third-order valence-electron chi connectivity index (χ3n) is 4.75. The number of piperidine rings is 1. The maximum absolute atomic E-state index is 11.7. The molecule has 2 heterocycles. The largest absolute Gasteiger partial charge is 0.450 e. The second-order valence-corrected chi connectivity index (χ2v) is 6.52. The Morgan fingerprint density at radius 1 is 1.12 bits per heavy atom. The van der Waals surface area contributed by atoms with E-state index in [4.69, 9.17) is 4.74 Å². The molecule has 0 spiro atoms. The molecule has 0 unspecified atom stereocenters. The van der Waals surface area contributed by atoms with E-state index in [1.807, 2.05) is 13.0 Å². The van der Waals surface area contributed by atoms with E-state index in [1.54, 1.807) is 11.2 Å². The Bertz CT molecular complexity index is 540. The molecule has 0 bridgehead atoms. The molecule has 2 aliphatic rings. The van der Waals surface area contributed by atoms with Crippen molar-refractivity contribution >= 4 is 17.7 Å². The predicted molar refractivity (Wildman–Crippen MR) is 93.2 cm³/mol. The molecule has 2 N–H and O–H groups in total. The van der Waals surface area contributed by atoms with Crippen molar-refractivity contribution in [3.05, 3.63) is 12.4 Å². The number of nitrogens with zero attached hydrogens (tertiary/aromatic N) is 3. The van der Waals surface area contributed by atoms with Crippen LogP contribution in [-0.4, -0.2) is 52.7 Å². The number of carbonyl (C=O) groups excluding carboxylic acids is 1. The molecule has 0 radical (unpaired) electrons. The number of anilines is 2. The summed E-state index contributed by atoms with van der Waals surface area (Å²) in [7, 11) is 0. The predicted octanol–water partition coefficient (Wildman–Crippen LogP) is 2.86. The van der Waals surface area contributed by atoms with Crippen molar-refractivity contribution in [1.29, 1.82) is 0 Å². The first-order chi connectivity index (χ1) is 11.7. The van der Waals surface area contributed by atoms with Crippen LogP contribution < -0.4 is 10.6 Å². The van der Waals surface area contributed by atoms with E-state index in [2.05, 4.69) is 20.6 Å². The molecule has 7 nitrogen and oxygen atoms in total. The first kappa shape index (κ1) is 16.8. The van der Waals surface area contributed by atoms with E-state index in [1.165, 1.54) is 25.7 Å². The lowest BCUT2D eigenvalue weighted by atomic mass is 10.1. The van der Waals surface area contributed by atoms with Crippen molar-refractivity contribution in [3.8, 4) is 0 Å². The summed E-state index contributed by atoms with van der Waals surface area (Å²) in [6.45, 7) is 3.69. The van der Waals surface area contributed by atoms with Gasteiger partial charge in [-0.2, -0.15) is 0 Å². The minimum absolute atomic E-state index is 0.207. The fourth-order valence-corrected chi connectivity index (χ4v) is 3.42. The second-order valence-electron chi connectivity index (χ2n) is 6.52. The number of hydrogen-bond donors (Lipinski definition) is 2. The Morgan fingerprint density at radius 2 is 1.71 bits per heavy atom. The Hall–Kier alpha value is -2.05. The molecule has 132 valence electrons. The van der Waals surface area contributed by atoms with Crippen LogP contribution in [-0.2, 0) is 4.74 Å². The van der Waals surface area contributed by atoms with Crippen molar-refractivity contribution in [2.75, 3.05) is 30.3 Å². The van der Waals surface area contributed by atoms with E-state index in [9.17, 15) is 4.79 Å². The highest BCUT2D eigenvalue weighted by molar-refractivity contribution is 5.67. The van der Waals surface area contributed by atoms with Gasteiger partial charge in [-0.15, -0.1) is 0 Å². The Kier molecular flexibility index (Phi) is 5.72. The lowest BCUT2D eigenvalue weighted by molar-refractivity contribution is 0.0983. The molecule has 1 saturated carbocycles. The van der Waals surface area contributed by atoms with E-state index in [0.717, 1.165) is 37.6 Å². The third kappa shape index (κ3) is 4.49. The maximum atomic E-state index is 11.7. The minimum Gasteiger partial charge on any atom is -0.450 e. The Morgan fingerprint density at radius 3 is 2.29 bits per heavy atom. The summed E-state index contributed by atoms with van der Waals surface area (Å²) < 4.78 is 5.05. The van der Waals surface area contributed by atoms with Crippen LogP contribution in [0.25, 0.3) is 0 Å². The number of carbonyl (C=O) groups is 1. The summed E-state index contributed by atoms with van der Waals surface area (Å²) in [5.74, 6) is 1.74. The highest BCUT2D eigenvalue weighted by atomic mass is 16.6. The fraction of sp³-hybridized carbons (Fsp3) is 0.706. The molecule has 1 aliphatic carbocycles. The van der Waals surface area contributed by atoms with E-state index in [-0.39, 0.29) is 6.09 Å². The normalized spacial score (nSPS) is 19.3. The number of nitrogens with one attached hydrogen (secondary N) is 2. The van der Waals surface area contributed by atoms with Crippen LogP contribution in [0.5, 0.6) is 0 Å². The summed E-state index contributed by atoms with van der Waals surface area (Å²) in [5, 5.41) is 6.96. The molecular weight excluding hydrogens is 306 g/mol. The monoisotopic (exact) mass is 333 g/mol. The molecule has 24 heavy (non-hydrogen) atoms. The molecule has 7 heteroatoms. The highest BCUT2D eigenvalue weighted by Gasteiger charge is 2.23. The smallest absolute Gasteiger partial charge is 0.409 e. The summed E-state index contributed by atoms with van der Waals surface area (Å²) >= 11 is 0. The van der Waals surface area contributed by atoms with Gasteiger partial charge < -0.3 is 20.3 Å².